The predicted molar refractivity (Wildman–Crippen MR) is 206 cm³/mol. The van der Waals surface area contributed by atoms with Crippen LogP contribution >= 0.6 is 0 Å². The first-order valence-electron chi connectivity index (χ1n) is 21.4. The molecular formula is C43H82O6. The summed E-state index contributed by atoms with van der Waals surface area (Å²) >= 11 is 0. The van der Waals surface area contributed by atoms with Crippen LogP contribution in [-0.4, -0.2) is 37.2 Å². The van der Waals surface area contributed by atoms with Crippen LogP contribution in [0.1, 0.15) is 233 Å². The number of carbonyl (C=O) groups is 3. The van der Waals surface area contributed by atoms with Crippen molar-refractivity contribution in [3.63, 3.8) is 0 Å². The number of hydrogen-bond donors (Lipinski definition) is 0. The largest absolute Gasteiger partial charge is 0.462 e. The third-order valence-corrected chi connectivity index (χ3v) is 9.54. The maximum Gasteiger partial charge on any atom is 0.306 e. The van der Waals surface area contributed by atoms with Gasteiger partial charge in [-0.2, -0.15) is 0 Å². The fourth-order valence-corrected chi connectivity index (χ4v) is 6.27. The summed E-state index contributed by atoms with van der Waals surface area (Å²) in [6, 6.07) is 0. The summed E-state index contributed by atoms with van der Waals surface area (Å²) in [5.74, 6) is -0.0299. The lowest BCUT2D eigenvalue weighted by atomic mass is 10.0. The first-order valence-corrected chi connectivity index (χ1v) is 21.4. The molecule has 0 aromatic heterocycles. The summed E-state index contributed by atoms with van der Waals surface area (Å²) in [6.07, 6.45) is 35.5. The summed E-state index contributed by atoms with van der Waals surface area (Å²) < 4.78 is 16.5. The van der Waals surface area contributed by atoms with Crippen LogP contribution < -0.4 is 0 Å². The quantitative estimate of drug-likeness (QED) is 0.0364. The Balaban J connectivity index is 4.13. The Kier molecular flexibility index (Phi) is 36.4. The highest BCUT2D eigenvalue weighted by atomic mass is 16.6. The van der Waals surface area contributed by atoms with Gasteiger partial charge in [-0.25, -0.2) is 0 Å². The lowest BCUT2D eigenvalue weighted by Crippen LogP contribution is -2.30. The zero-order chi connectivity index (χ0) is 36.0. The number of unbranched alkanes of at least 4 members (excludes halogenated alkanes) is 25. The standard InChI is InChI=1S/C43H82O6/c1-5-7-9-11-12-19-24-28-32-36-43(46)49-40(37-47-41(44)34-30-25-10-8-6-2)38-48-42(45)35-31-27-23-21-18-16-14-13-15-17-20-22-26-29-33-39(3)4/h39-40H,5-38H2,1-4H3/t40-/m0/s1. The molecule has 49 heavy (non-hydrogen) atoms. The minimum absolute atomic E-state index is 0.0652. The summed E-state index contributed by atoms with van der Waals surface area (Å²) in [6.45, 7) is 8.90. The summed E-state index contributed by atoms with van der Waals surface area (Å²) in [4.78, 5) is 37.3. The van der Waals surface area contributed by atoms with Crippen LogP contribution in [0.25, 0.3) is 0 Å². The summed E-state index contributed by atoms with van der Waals surface area (Å²) in [5.41, 5.74) is 0. The highest BCUT2D eigenvalue weighted by molar-refractivity contribution is 5.71. The van der Waals surface area contributed by atoms with Gasteiger partial charge in [0.15, 0.2) is 6.10 Å². The van der Waals surface area contributed by atoms with Crippen LogP contribution in [0, 0.1) is 5.92 Å². The van der Waals surface area contributed by atoms with Crippen molar-refractivity contribution in [3.8, 4) is 0 Å². The van der Waals surface area contributed by atoms with Crippen molar-refractivity contribution in [1.82, 2.24) is 0 Å². The molecule has 0 aliphatic heterocycles. The van der Waals surface area contributed by atoms with Crippen LogP contribution in [0.2, 0.25) is 0 Å². The van der Waals surface area contributed by atoms with E-state index in [4.69, 9.17) is 14.2 Å². The Labute approximate surface area is 304 Å². The van der Waals surface area contributed by atoms with Crippen molar-refractivity contribution < 1.29 is 28.6 Å². The van der Waals surface area contributed by atoms with Gasteiger partial charge in [0.25, 0.3) is 0 Å². The molecule has 0 aromatic rings. The van der Waals surface area contributed by atoms with Gasteiger partial charge in [0.2, 0.25) is 0 Å². The van der Waals surface area contributed by atoms with Gasteiger partial charge < -0.3 is 14.2 Å². The molecule has 290 valence electrons. The Morgan fingerprint density at radius 1 is 0.388 bits per heavy atom. The molecule has 6 heteroatoms. The second-order valence-electron chi connectivity index (χ2n) is 15.1. The summed E-state index contributed by atoms with van der Waals surface area (Å²) in [7, 11) is 0. The van der Waals surface area contributed by atoms with Gasteiger partial charge in [0, 0.05) is 19.3 Å². The van der Waals surface area contributed by atoms with Crippen LogP contribution in [0.4, 0.5) is 0 Å². The smallest absolute Gasteiger partial charge is 0.306 e. The SMILES string of the molecule is CCCCCCCCCCCC(=O)O[C@@H](COC(=O)CCCCCCC)COC(=O)CCCCCCCCCCCCCCCCC(C)C. The molecule has 0 N–H and O–H groups in total. The van der Waals surface area contributed by atoms with E-state index in [0.29, 0.717) is 19.3 Å². The van der Waals surface area contributed by atoms with Crippen molar-refractivity contribution in [2.75, 3.05) is 13.2 Å². The van der Waals surface area contributed by atoms with E-state index >= 15 is 0 Å². The molecule has 0 fully saturated rings. The van der Waals surface area contributed by atoms with Gasteiger partial charge >= 0.3 is 17.9 Å². The molecule has 0 saturated heterocycles. The zero-order valence-corrected chi connectivity index (χ0v) is 33.1. The van der Waals surface area contributed by atoms with Gasteiger partial charge in [-0.05, 0) is 25.2 Å². The summed E-state index contributed by atoms with van der Waals surface area (Å²) in [5, 5.41) is 0. The van der Waals surface area contributed by atoms with Crippen LogP contribution in [-0.2, 0) is 28.6 Å². The third-order valence-electron chi connectivity index (χ3n) is 9.54. The fourth-order valence-electron chi connectivity index (χ4n) is 6.27. The molecule has 0 rings (SSSR count). The molecule has 0 radical (unpaired) electrons. The van der Waals surface area contributed by atoms with Gasteiger partial charge in [-0.15, -0.1) is 0 Å². The molecule has 0 aliphatic carbocycles. The predicted octanol–water partition coefficient (Wildman–Crippen LogP) is 13.2. The van der Waals surface area contributed by atoms with Gasteiger partial charge in [-0.3, -0.25) is 14.4 Å². The van der Waals surface area contributed by atoms with Crippen molar-refractivity contribution in [1.29, 1.82) is 0 Å². The molecule has 0 heterocycles. The molecule has 0 aromatic carbocycles. The highest BCUT2D eigenvalue weighted by Gasteiger charge is 2.19. The van der Waals surface area contributed by atoms with E-state index in [2.05, 4.69) is 27.7 Å². The minimum Gasteiger partial charge on any atom is -0.462 e. The molecular weight excluding hydrogens is 612 g/mol. The zero-order valence-electron chi connectivity index (χ0n) is 33.1. The van der Waals surface area contributed by atoms with Crippen molar-refractivity contribution in [3.05, 3.63) is 0 Å². The van der Waals surface area contributed by atoms with Gasteiger partial charge in [-0.1, -0.05) is 195 Å². The Bertz CT molecular complexity index is 736. The Morgan fingerprint density at radius 2 is 0.673 bits per heavy atom. The number of ether oxygens (including phenoxy) is 3. The Morgan fingerprint density at radius 3 is 1.00 bits per heavy atom. The lowest BCUT2D eigenvalue weighted by molar-refractivity contribution is -0.167. The van der Waals surface area contributed by atoms with E-state index in [0.717, 1.165) is 70.1 Å². The Hall–Kier alpha value is -1.59. The maximum absolute atomic E-state index is 12.6. The molecule has 0 aliphatic rings. The van der Waals surface area contributed by atoms with E-state index in [9.17, 15) is 14.4 Å². The number of hydrogen-bond acceptors (Lipinski definition) is 6. The number of rotatable bonds is 38. The van der Waals surface area contributed by atoms with Crippen LogP contribution in [0.15, 0.2) is 0 Å². The topological polar surface area (TPSA) is 78.9 Å². The molecule has 0 bridgehead atoms. The maximum atomic E-state index is 12.6. The molecule has 0 unspecified atom stereocenters. The van der Waals surface area contributed by atoms with E-state index < -0.39 is 6.10 Å². The van der Waals surface area contributed by atoms with Crippen molar-refractivity contribution >= 4 is 17.9 Å². The van der Waals surface area contributed by atoms with E-state index in [1.165, 1.54) is 122 Å². The minimum atomic E-state index is -0.756. The lowest BCUT2D eigenvalue weighted by Gasteiger charge is -2.18. The number of carbonyl (C=O) groups excluding carboxylic acids is 3. The fraction of sp³-hybridized carbons (Fsp3) is 0.930. The second-order valence-corrected chi connectivity index (χ2v) is 15.1. The third kappa shape index (κ3) is 37.5. The molecule has 6 nitrogen and oxygen atoms in total. The average Bonchev–Trinajstić information content (AvgIpc) is 3.08. The van der Waals surface area contributed by atoms with Crippen LogP contribution in [0.5, 0.6) is 0 Å². The normalized spacial score (nSPS) is 11.9. The first-order chi connectivity index (χ1) is 23.9. The first kappa shape index (κ1) is 47.4. The highest BCUT2D eigenvalue weighted by Crippen LogP contribution is 2.16. The van der Waals surface area contributed by atoms with E-state index in [1.54, 1.807) is 0 Å². The van der Waals surface area contributed by atoms with Gasteiger partial charge in [0.1, 0.15) is 13.2 Å². The van der Waals surface area contributed by atoms with E-state index in [-0.39, 0.29) is 31.1 Å². The monoisotopic (exact) mass is 695 g/mol. The molecule has 0 amide bonds. The second kappa shape index (κ2) is 37.7. The molecule has 0 spiro atoms. The van der Waals surface area contributed by atoms with Crippen LogP contribution in [0.3, 0.4) is 0 Å². The van der Waals surface area contributed by atoms with E-state index in [1.807, 2.05) is 0 Å². The number of esters is 3. The molecule has 1 atom stereocenters. The van der Waals surface area contributed by atoms with Crippen molar-refractivity contribution in [2.45, 2.75) is 239 Å². The average molecular weight is 695 g/mol. The van der Waals surface area contributed by atoms with Crippen molar-refractivity contribution in [2.24, 2.45) is 5.92 Å². The molecule has 0 saturated carbocycles. The van der Waals surface area contributed by atoms with Gasteiger partial charge in [0.05, 0.1) is 0 Å².